The maximum absolute atomic E-state index is 12.0. The quantitative estimate of drug-likeness (QED) is 0.738. The van der Waals surface area contributed by atoms with Crippen LogP contribution in [0.1, 0.15) is 30.4 Å². The number of hydrogen-bond acceptors (Lipinski definition) is 2. The minimum Gasteiger partial charge on any atom is -0.342 e. The monoisotopic (exact) mass is 304 g/mol. The Morgan fingerprint density at radius 2 is 1.68 bits per heavy atom. The zero-order valence-electron chi connectivity index (χ0n) is 13.5. The highest BCUT2D eigenvalue weighted by Gasteiger charge is 2.17. The number of nitrogens with one attached hydrogen (secondary N) is 3. The molecule has 1 aliphatic rings. The van der Waals surface area contributed by atoms with E-state index in [0.717, 1.165) is 29.9 Å². The molecule has 1 aliphatic heterocycles. The van der Waals surface area contributed by atoms with Crippen molar-refractivity contribution in [1.82, 2.24) is 5.32 Å². The van der Waals surface area contributed by atoms with Crippen molar-refractivity contribution >= 4 is 17.5 Å². The van der Waals surface area contributed by atoms with Gasteiger partial charge in [-0.05, 0) is 44.2 Å². The largest absolute Gasteiger partial charge is 0.342 e. The molecular formula is C17H26N3O2+. The summed E-state index contributed by atoms with van der Waals surface area (Å²) in [6.45, 7) is 6.53. The molecule has 5 heteroatoms. The first-order chi connectivity index (χ1) is 10.6. The number of piperidine rings is 1. The van der Waals surface area contributed by atoms with E-state index in [-0.39, 0.29) is 18.4 Å². The zero-order valence-corrected chi connectivity index (χ0v) is 13.5. The predicted octanol–water partition coefficient (Wildman–Crippen LogP) is 0.427. The topological polar surface area (TPSA) is 62.6 Å². The second-order valence-electron chi connectivity index (χ2n) is 6.08. The van der Waals surface area contributed by atoms with Crippen molar-refractivity contribution in [2.24, 2.45) is 0 Å². The molecule has 1 fully saturated rings. The lowest BCUT2D eigenvalue weighted by Gasteiger charge is -2.22. The molecule has 0 unspecified atom stereocenters. The van der Waals surface area contributed by atoms with Crippen LogP contribution < -0.4 is 15.5 Å². The number of para-hydroxylation sites is 1. The van der Waals surface area contributed by atoms with Crippen molar-refractivity contribution in [3.05, 3.63) is 29.3 Å². The Morgan fingerprint density at radius 1 is 1.05 bits per heavy atom. The highest BCUT2D eigenvalue weighted by molar-refractivity contribution is 5.95. The van der Waals surface area contributed by atoms with Crippen molar-refractivity contribution in [2.45, 2.75) is 33.1 Å². The molecule has 0 atom stereocenters. The molecule has 1 saturated heterocycles. The van der Waals surface area contributed by atoms with Crippen LogP contribution in [-0.2, 0) is 9.59 Å². The Bertz CT molecular complexity index is 516. The highest BCUT2D eigenvalue weighted by atomic mass is 16.2. The van der Waals surface area contributed by atoms with Gasteiger partial charge in [-0.25, -0.2) is 0 Å². The fourth-order valence-electron chi connectivity index (χ4n) is 2.89. The average molecular weight is 304 g/mol. The number of anilines is 1. The fourth-order valence-corrected chi connectivity index (χ4v) is 2.89. The van der Waals surface area contributed by atoms with Gasteiger partial charge in [0.25, 0.3) is 5.91 Å². The summed E-state index contributed by atoms with van der Waals surface area (Å²) < 4.78 is 0. The Kier molecular flexibility index (Phi) is 5.95. The van der Waals surface area contributed by atoms with Crippen LogP contribution in [0, 0.1) is 13.8 Å². The van der Waals surface area contributed by atoms with E-state index in [9.17, 15) is 9.59 Å². The lowest BCUT2D eigenvalue weighted by molar-refractivity contribution is -0.896. The summed E-state index contributed by atoms with van der Waals surface area (Å²) in [6, 6.07) is 5.88. The van der Waals surface area contributed by atoms with Crippen LogP contribution in [0.5, 0.6) is 0 Å². The number of amides is 2. The number of rotatable bonds is 5. The van der Waals surface area contributed by atoms with Gasteiger partial charge in [0.2, 0.25) is 5.91 Å². The van der Waals surface area contributed by atoms with E-state index in [1.165, 1.54) is 24.2 Å². The molecule has 3 N–H and O–H groups in total. The molecule has 0 radical (unpaired) electrons. The van der Waals surface area contributed by atoms with E-state index in [1.807, 2.05) is 32.0 Å². The molecule has 5 nitrogen and oxygen atoms in total. The number of quaternary nitrogens is 1. The Labute approximate surface area is 132 Å². The van der Waals surface area contributed by atoms with Crippen LogP contribution in [0.4, 0.5) is 5.69 Å². The van der Waals surface area contributed by atoms with Crippen LogP contribution in [0.25, 0.3) is 0 Å². The minimum atomic E-state index is -0.181. The average Bonchev–Trinajstić information content (AvgIpc) is 2.50. The van der Waals surface area contributed by atoms with Crippen LogP contribution >= 0.6 is 0 Å². The number of benzene rings is 1. The number of carbonyl (C=O) groups excluding carboxylic acids is 2. The van der Waals surface area contributed by atoms with Crippen molar-refractivity contribution in [1.29, 1.82) is 0 Å². The van der Waals surface area contributed by atoms with Gasteiger partial charge in [0, 0.05) is 5.69 Å². The Hall–Kier alpha value is -1.88. The SMILES string of the molecule is Cc1cccc(C)c1NC(=O)CNC(=O)C[NH+]1CCCCC1. The van der Waals surface area contributed by atoms with Gasteiger partial charge in [-0.1, -0.05) is 18.2 Å². The third-order valence-corrected chi connectivity index (χ3v) is 4.16. The molecule has 120 valence electrons. The van der Waals surface area contributed by atoms with Crippen LogP contribution in [0.15, 0.2) is 18.2 Å². The molecule has 0 bridgehead atoms. The molecule has 22 heavy (non-hydrogen) atoms. The van der Waals surface area contributed by atoms with Gasteiger partial charge in [-0.3, -0.25) is 9.59 Å². The van der Waals surface area contributed by atoms with Crippen molar-refractivity contribution in [2.75, 3.05) is 31.5 Å². The molecule has 2 rings (SSSR count). The maximum atomic E-state index is 12.0. The number of aryl methyl sites for hydroxylation is 2. The van der Waals surface area contributed by atoms with E-state index in [4.69, 9.17) is 0 Å². The van der Waals surface area contributed by atoms with Gasteiger partial charge in [0.05, 0.1) is 19.6 Å². The van der Waals surface area contributed by atoms with Gasteiger partial charge in [0.1, 0.15) is 0 Å². The molecule has 1 aromatic carbocycles. The van der Waals surface area contributed by atoms with E-state index < -0.39 is 0 Å². The number of carbonyl (C=O) groups is 2. The van der Waals surface area contributed by atoms with Crippen LogP contribution in [-0.4, -0.2) is 38.0 Å². The Balaban J connectivity index is 1.76. The maximum Gasteiger partial charge on any atom is 0.275 e. The lowest BCUT2D eigenvalue weighted by atomic mass is 10.1. The summed E-state index contributed by atoms with van der Waals surface area (Å²) >= 11 is 0. The normalized spacial score (nSPS) is 15.4. The first-order valence-corrected chi connectivity index (χ1v) is 8.02. The first kappa shape index (κ1) is 16.5. The van der Waals surface area contributed by atoms with Crippen molar-refractivity contribution in [3.63, 3.8) is 0 Å². The Morgan fingerprint density at radius 3 is 2.32 bits per heavy atom. The summed E-state index contributed by atoms with van der Waals surface area (Å²) in [5.41, 5.74) is 2.89. The summed E-state index contributed by atoms with van der Waals surface area (Å²) in [5.74, 6) is -0.229. The molecule has 0 aromatic heterocycles. The first-order valence-electron chi connectivity index (χ1n) is 8.02. The van der Waals surface area contributed by atoms with Crippen molar-refractivity contribution in [3.8, 4) is 0 Å². The second-order valence-corrected chi connectivity index (χ2v) is 6.08. The second kappa shape index (κ2) is 7.94. The van der Waals surface area contributed by atoms with Crippen LogP contribution in [0.3, 0.4) is 0 Å². The summed E-state index contributed by atoms with van der Waals surface area (Å²) in [5, 5.41) is 5.59. The number of hydrogen-bond donors (Lipinski definition) is 3. The van der Waals surface area contributed by atoms with Gasteiger partial charge in [-0.15, -0.1) is 0 Å². The molecule has 2 amide bonds. The van der Waals surface area contributed by atoms with Crippen molar-refractivity contribution < 1.29 is 14.5 Å². The molecule has 0 aliphatic carbocycles. The standard InChI is InChI=1S/C17H25N3O2/c1-13-7-6-8-14(2)17(13)19-15(21)11-18-16(22)12-20-9-4-3-5-10-20/h6-8H,3-5,9-12H2,1-2H3,(H,18,22)(H,19,21)/p+1. The number of likely N-dealkylation sites (tertiary alicyclic amines) is 1. The highest BCUT2D eigenvalue weighted by Crippen LogP contribution is 2.18. The third-order valence-electron chi connectivity index (χ3n) is 4.16. The lowest BCUT2D eigenvalue weighted by Crippen LogP contribution is -3.13. The van der Waals surface area contributed by atoms with Gasteiger partial charge in [-0.2, -0.15) is 0 Å². The molecular weight excluding hydrogens is 278 g/mol. The molecule has 0 saturated carbocycles. The van der Waals surface area contributed by atoms with Gasteiger partial charge in [0.15, 0.2) is 6.54 Å². The summed E-state index contributed by atoms with van der Waals surface area (Å²) in [7, 11) is 0. The summed E-state index contributed by atoms with van der Waals surface area (Å²) in [6.07, 6.45) is 3.65. The van der Waals surface area contributed by atoms with E-state index >= 15 is 0 Å². The van der Waals surface area contributed by atoms with Crippen LogP contribution in [0.2, 0.25) is 0 Å². The van der Waals surface area contributed by atoms with Gasteiger partial charge < -0.3 is 15.5 Å². The molecule has 1 heterocycles. The summed E-state index contributed by atoms with van der Waals surface area (Å²) in [4.78, 5) is 25.2. The smallest absolute Gasteiger partial charge is 0.275 e. The van der Waals surface area contributed by atoms with E-state index in [0.29, 0.717) is 6.54 Å². The van der Waals surface area contributed by atoms with E-state index in [2.05, 4.69) is 10.6 Å². The molecule has 1 aromatic rings. The minimum absolute atomic E-state index is 0.0277. The predicted molar refractivity (Wildman–Crippen MR) is 87.0 cm³/mol. The molecule has 0 spiro atoms. The fraction of sp³-hybridized carbons (Fsp3) is 0.529. The zero-order chi connectivity index (χ0) is 15.9. The van der Waals surface area contributed by atoms with E-state index in [1.54, 1.807) is 0 Å². The van der Waals surface area contributed by atoms with Gasteiger partial charge >= 0.3 is 0 Å². The third kappa shape index (κ3) is 4.84.